The van der Waals surface area contributed by atoms with Crippen molar-refractivity contribution in [3.63, 3.8) is 0 Å². The summed E-state index contributed by atoms with van der Waals surface area (Å²) in [4.78, 5) is 19.9. The molecule has 3 heterocycles. The zero-order valence-corrected chi connectivity index (χ0v) is 14.8. The number of carbonyl (C=O) groups excluding carboxylic acids is 1. The summed E-state index contributed by atoms with van der Waals surface area (Å²) in [5.41, 5.74) is 4.78. The Bertz CT molecular complexity index is 904. The number of allylic oxidation sites excluding steroid dienone is 1. The van der Waals surface area contributed by atoms with Crippen LogP contribution in [0.1, 0.15) is 12.6 Å². The van der Waals surface area contributed by atoms with Crippen LogP contribution in [-0.2, 0) is 9.53 Å². The van der Waals surface area contributed by atoms with Crippen LogP contribution in [0.3, 0.4) is 0 Å². The second kappa shape index (κ2) is 6.53. The molecule has 0 atom stereocenters. The summed E-state index contributed by atoms with van der Waals surface area (Å²) in [6, 6.07) is 7.00. The van der Waals surface area contributed by atoms with Gasteiger partial charge in [0.25, 0.3) is 0 Å². The number of hydrogen-bond donors (Lipinski definition) is 0. The number of benzene rings is 1. The van der Waals surface area contributed by atoms with E-state index in [0.717, 1.165) is 41.3 Å². The van der Waals surface area contributed by atoms with Crippen molar-refractivity contribution >= 4 is 17.2 Å². The molecule has 0 saturated carbocycles. The first kappa shape index (κ1) is 16.7. The van der Waals surface area contributed by atoms with E-state index < -0.39 is 0 Å². The van der Waals surface area contributed by atoms with Gasteiger partial charge in [-0.1, -0.05) is 0 Å². The quantitative estimate of drug-likeness (QED) is 0.844. The van der Waals surface area contributed by atoms with Crippen LogP contribution >= 0.6 is 0 Å². The Hall–Kier alpha value is -2.73. The van der Waals surface area contributed by atoms with E-state index in [1.807, 2.05) is 24.0 Å². The minimum absolute atomic E-state index is 0.0233. The second-order valence-corrected chi connectivity index (χ2v) is 6.57. The van der Waals surface area contributed by atoms with Gasteiger partial charge >= 0.3 is 0 Å². The SMILES string of the molecule is CC(=O)C1=CN1c1cc(-c2cc(F)cc(N3CCOCC3)c2)cnc1C. The number of nitrogens with zero attached hydrogens (tertiary/aromatic N) is 3. The van der Waals surface area contributed by atoms with Crippen LogP contribution in [0.25, 0.3) is 11.1 Å². The number of ether oxygens (including phenoxy) is 1. The third kappa shape index (κ3) is 3.20. The van der Waals surface area contributed by atoms with E-state index >= 15 is 0 Å². The molecule has 1 fully saturated rings. The molecule has 0 aliphatic carbocycles. The number of ketones is 1. The maximum Gasteiger partial charge on any atom is 0.178 e. The summed E-state index contributed by atoms with van der Waals surface area (Å²) < 4.78 is 19.6. The largest absolute Gasteiger partial charge is 0.378 e. The monoisotopic (exact) mass is 353 g/mol. The van der Waals surface area contributed by atoms with Gasteiger partial charge in [0.15, 0.2) is 5.78 Å². The van der Waals surface area contributed by atoms with Gasteiger partial charge in [-0.3, -0.25) is 9.78 Å². The molecular weight excluding hydrogens is 333 g/mol. The zero-order valence-electron chi connectivity index (χ0n) is 14.8. The van der Waals surface area contributed by atoms with Crippen molar-refractivity contribution in [2.45, 2.75) is 13.8 Å². The van der Waals surface area contributed by atoms with Crippen LogP contribution in [0.4, 0.5) is 15.8 Å². The standard InChI is InChI=1S/C20H20FN3O2/c1-13-19(24-12-20(24)14(2)25)9-16(11-22-13)15-7-17(21)10-18(8-15)23-3-5-26-6-4-23/h7-12H,3-6H2,1-2H3. The molecule has 2 aliphatic heterocycles. The first-order chi connectivity index (χ1) is 12.5. The topological polar surface area (TPSA) is 45.4 Å². The summed E-state index contributed by atoms with van der Waals surface area (Å²) in [7, 11) is 0. The van der Waals surface area contributed by atoms with E-state index in [2.05, 4.69) is 9.88 Å². The molecule has 6 heteroatoms. The fourth-order valence-electron chi connectivity index (χ4n) is 3.22. The third-order valence-corrected chi connectivity index (χ3v) is 4.72. The van der Waals surface area contributed by atoms with Gasteiger partial charge in [-0.05, 0) is 36.8 Å². The van der Waals surface area contributed by atoms with E-state index in [1.54, 1.807) is 25.4 Å². The number of morpholine rings is 1. The van der Waals surface area contributed by atoms with Crippen molar-refractivity contribution in [3.05, 3.63) is 53.9 Å². The summed E-state index contributed by atoms with van der Waals surface area (Å²) in [6.45, 7) is 6.24. The van der Waals surface area contributed by atoms with Crippen LogP contribution in [0, 0.1) is 12.7 Å². The van der Waals surface area contributed by atoms with E-state index in [9.17, 15) is 9.18 Å². The molecule has 0 unspecified atom stereocenters. The predicted molar refractivity (Wildman–Crippen MR) is 98.6 cm³/mol. The minimum atomic E-state index is -0.277. The van der Waals surface area contributed by atoms with Gasteiger partial charge in [-0.25, -0.2) is 4.39 Å². The molecule has 4 rings (SSSR count). The third-order valence-electron chi connectivity index (χ3n) is 4.72. The van der Waals surface area contributed by atoms with Crippen molar-refractivity contribution < 1.29 is 13.9 Å². The van der Waals surface area contributed by atoms with E-state index in [1.165, 1.54) is 6.07 Å². The number of anilines is 2. The number of rotatable bonds is 4. The van der Waals surface area contributed by atoms with Gasteiger partial charge in [0.05, 0.1) is 24.6 Å². The Labute approximate surface area is 151 Å². The van der Waals surface area contributed by atoms with E-state index in [-0.39, 0.29) is 11.6 Å². The second-order valence-electron chi connectivity index (χ2n) is 6.57. The lowest BCUT2D eigenvalue weighted by atomic mass is 10.0. The average Bonchev–Trinajstić information content (AvgIpc) is 3.43. The normalized spacial score (nSPS) is 16.5. The molecule has 0 N–H and O–H groups in total. The number of pyridine rings is 1. The Morgan fingerprint density at radius 3 is 2.62 bits per heavy atom. The smallest absolute Gasteiger partial charge is 0.178 e. The number of aromatic nitrogens is 1. The molecule has 0 radical (unpaired) electrons. The van der Waals surface area contributed by atoms with Crippen LogP contribution in [0.5, 0.6) is 0 Å². The zero-order chi connectivity index (χ0) is 18.3. The molecule has 1 aromatic heterocycles. The first-order valence-electron chi connectivity index (χ1n) is 8.65. The number of aryl methyl sites for hydroxylation is 1. The maximum absolute atomic E-state index is 14.2. The van der Waals surface area contributed by atoms with Gasteiger partial charge in [-0.15, -0.1) is 0 Å². The number of carbonyl (C=O) groups is 1. The highest BCUT2D eigenvalue weighted by atomic mass is 19.1. The van der Waals surface area contributed by atoms with Crippen molar-refractivity contribution in [2.75, 3.05) is 36.1 Å². The lowest BCUT2D eigenvalue weighted by Crippen LogP contribution is -2.36. The highest BCUT2D eigenvalue weighted by Crippen LogP contribution is 2.36. The molecule has 134 valence electrons. The van der Waals surface area contributed by atoms with Crippen LogP contribution in [0.15, 0.2) is 42.4 Å². The van der Waals surface area contributed by atoms with Crippen molar-refractivity contribution in [1.29, 1.82) is 0 Å². The number of halogens is 1. The first-order valence-corrected chi connectivity index (χ1v) is 8.65. The molecular formula is C20H20FN3O2. The molecule has 0 amide bonds. The van der Waals surface area contributed by atoms with Crippen LogP contribution in [-0.4, -0.2) is 37.1 Å². The minimum Gasteiger partial charge on any atom is -0.378 e. The van der Waals surface area contributed by atoms with Gasteiger partial charge in [0.1, 0.15) is 11.5 Å². The Morgan fingerprint density at radius 1 is 1.15 bits per heavy atom. The Kier molecular flexibility index (Phi) is 4.20. The molecule has 2 aromatic rings. The molecule has 0 spiro atoms. The van der Waals surface area contributed by atoms with Gasteiger partial charge in [-0.2, -0.15) is 0 Å². The molecule has 2 aliphatic rings. The molecule has 1 saturated heterocycles. The van der Waals surface area contributed by atoms with Crippen molar-refractivity contribution in [3.8, 4) is 11.1 Å². The average molecular weight is 353 g/mol. The van der Waals surface area contributed by atoms with Gasteiger partial charge < -0.3 is 14.5 Å². The summed E-state index contributed by atoms with van der Waals surface area (Å²) in [5.74, 6) is -0.254. The fourth-order valence-corrected chi connectivity index (χ4v) is 3.22. The van der Waals surface area contributed by atoms with Crippen molar-refractivity contribution in [1.82, 2.24) is 4.98 Å². The Balaban J connectivity index is 1.67. The summed E-state index contributed by atoms with van der Waals surface area (Å²) in [6.07, 6.45) is 3.54. The van der Waals surface area contributed by atoms with Crippen LogP contribution in [0.2, 0.25) is 0 Å². The molecule has 26 heavy (non-hydrogen) atoms. The van der Waals surface area contributed by atoms with Gasteiger partial charge in [0, 0.05) is 43.7 Å². The van der Waals surface area contributed by atoms with Gasteiger partial charge in [0.2, 0.25) is 0 Å². The Morgan fingerprint density at radius 2 is 1.92 bits per heavy atom. The maximum atomic E-state index is 14.2. The highest BCUT2D eigenvalue weighted by Gasteiger charge is 2.28. The summed E-state index contributed by atoms with van der Waals surface area (Å²) >= 11 is 0. The molecule has 1 aromatic carbocycles. The number of hydrogen-bond acceptors (Lipinski definition) is 5. The van der Waals surface area contributed by atoms with Crippen molar-refractivity contribution in [2.24, 2.45) is 0 Å². The van der Waals surface area contributed by atoms with Crippen LogP contribution < -0.4 is 9.80 Å². The lowest BCUT2D eigenvalue weighted by molar-refractivity contribution is -0.113. The highest BCUT2D eigenvalue weighted by molar-refractivity contribution is 6.04. The number of Topliss-reactive ketones (excluding diaryl/α,β-unsaturated/α-hetero) is 1. The predicted octanol–water partition coefficient (Wildman–Crippen LogP) is 3.28. The van der Waals surface area contributed by atoms with E-state index in [0.29, 0.717) is 18.9 Å². The fraction of sp³-hybridized carbons (Fsp3) is 0.300. The van der Waals surface area contributed by atoms with E-state index in [4.69, 9.17) is 4.74 Å². The molecule has 5 nitrogen and oxygen atoms in total. The lowest BCUT2D eigenvalue weighted by Gasteiger charge is -2.29. The molecule has 0 bridgehead atoms. The summed E-state index contributed by atoms with van der Waals surface area (Å²) in [5, 5.41) is 0.